The molecule has 0 saturated heterocycles. The molecule has 0 bridgehead atoms. The van der Waals surface area contributed by atoms with Gasteiger partial charge in [-0.05, 0) is 12.1 Å². The molecule has 0 aromatic heterocycles. The predicted molar refractivity (Wildman–Crippen MR) is 56.1 cm³/mol. The third kappa shape index (κ3) is 1.93. The first-order valence-corrected chi connectivity index (χ1v) is 4.64. The Morgan fingerprint density at radius 1 is 1.53 bits per heavy atom. The Kier molecular flexibility index (Phi) is 2.57. The zero-order valence-electron chi connectivity index (χ0n) is 7.62. The van der Waals surface area contributed by atoms with Crippen LogP contribution in [0.3, 0.4) is 0 Å². The van der Waals surface area contributed by atoms with E-state index >= 15 is 0 Å². The van der Waals surface area contributed by atoms with Gasteiger partial charge in [-0.25, -0.2) is 15.8 Å². The van der Waals surface area contributed by atoms with Crippen molar-refractivity contribution in [3.8, 4) is 0 Å². The highest BCUT2D eigenvalue weighted by Crippen LogP contribution is 2.18. The number of halogens is 1. The van der Waals surface area contributed by atoms with Crippen molar-refractivity contribution < 1.29 is 9.90 Å². The van der Waals surface area contributed by atoms with Gasteiger partial charge in [-0.1, -0.05) is 17.7 Å². The lowest BCUT2D eigenvalue weighted by Crippen LogP contribution is -2.22. The predicted octanol–water partition coefficient (Wildman–Crippen LogP) is 0.850. The van der Waals surface area contributed by atoms with E-state index in [0.29, 0.717) is 6.54 Å². The van der Waals surface area contributed by atoms with Crippen molar-refractivity contribution in [1.82, 2.24) is 11.0 Å². The minimum Gasteiger partial charge on any atom is -0.478 e. The molecule has 0 atom stereocenters. The summed E-state index contributed by atoms with van der Waals surface area (Å²) in [6.07, 6.45) is 0. The number of rotatable bonds is 2. The van der Waals surface area contributed by atoms with Crippen molar-refractivity contribution in [2.24, 2.45) is 5.10 Å². The Balaban J connectivity index is 2.42. The van der Waals surface area contributed by atoms with Crippen LogP contribution in [0.15, 0.2) is 23.3 Å². The lowest BCUT2D eigenvalue weighted by Gasteiger charge is -2.02. The standard InChI is InChI=1S/C9H8ClN3O2/c10-7-2-1-5(3-6(7)9(14)15)8-4-11-13-12-8/h1-3,11,13H,4H2,(H,14,15). The van der Waals surface area contributed by atoms with Crippen molar-refractivity contribution in [2.75, 3.05) is 6.54 Å². The van der Waals surface area contributed by atoms with E-state index in [4.69, 9.17) is 16.7 Å². The molecule has 0 fully saturated rings. The number of hydrogen-bond donors (Lipinski definition) is 3. The topological polar surface area (TPSA) is 73.7 Å². The van der Waals surface area contributed by atoms with Crippen LogP contribution in [0.2, 0.25) is 5.02 Å². The molecule has 1 aliphatic rings. The second-order valence-electron chi connectivity index (χ2n) is 3.02. The van der Waals surface area contributed by atoms with Crippen LogP contribution in [0.1, 0.15) is 15.9 Å². The SMILES string of the molecule is O=C(O)c1cc(C2=NNNC2)ccc1Cl. The number of carboxylic acid groups (broad SMARTS) is 1. The summed E-state index contributed by atoms with van der Waals surface area (Å²) in [4.78, 5) is 10.8. The van der Waals surface area contributed by atoms with Gasteiger partial charge in [0, 0.05) is 5.56 Å². The van der Waals surface area contributed by atoms with Gasteiger partial charge in [-0.3, -0.25) is 0 Å². The average molecular weight is 226 g/mol. The number of carbonyl (C=O) groups is 1. The maximum atomic E-state index is 10.8. The second kappa shape index (κ2) is 3.88. The molecular weight excluding hydrogens is 218 g/mol. The van der Waals surface area contributed by atoms with Gasteiger partial charge in [-0.2, -0.15) is 5.10 Å². The molecule has 15 heavy (non-hydrogen) atoms. The average Bonchev–Trinajstić information content (AvgIpc) is 2.71. The van der Waals surface area contributed by atoms with E-state index < -0.39 is 5.97 Å². The van der Waals surface area contributed by atoms with Gasteiger partial charge in [0.05, 0.1) is 22.8 Å². The molecule has 1 aliphatic heterocycles. The number of hydrogen-bond acceptors (Lipinski definition) is 4. The molecule has 1 aromatic carbocycles. The Hall–Kier alpha value is -1.59. The molecule has 0 radical (unpaired) electrons. The summed E-state index contributed by atoms with van der Waals surface area (Å²) in [5.41, 5.74) is 6.98. The highest BCUT2D eigenvalue weighted by molar-refractivity contribution is 6.33. The van der Waals surface area contributed by atoms with Crippen molar-refractivity contribution in [2.45, 2.75) is 0 Å². The van der Waals surface area contributed by atoms with Crippen molar-refractivity contribution in [3.05, 3.63) is 34.3 Å². The molecule has 1 aromatic rings. The highest BCUT2D eigenvalue weighted by atomic mass is 35.5. The first kappa shape index (κ1) is 9.95. The van der Waals surface area contributed by atoms with E-state index in [2.05, 4.69) is 16.1 Å². The largest absolute Gasteiger partial charge is 0.478 e. The van der Waals surface area contributed by atoms with E-state index in [1.165, 1.54) is 6.07 Å². The zero-order chi connectivity index (χ0) is 10.8. The fourth-order valence-corrected chi connectivity index (χ4v) is 1.50. The van der Waals surface area contributed by atoms with Crippen molar-refractivity contribution in [3.63, 3.8) is 0 Å². The first-order valence-electron chi connectivity index (χ1n) is 4.26. The number of nitrogens with one attached hydrogen (secondary N) is 2. The quantitative estimate of drug-likeness (QED) is 0.698. The van der Waals surface area contributed by atoms with Crippen LogP contribution in [0.5, 0.6) is 0 Å². The van der Waals surface area contributed by atoms with Gasteiger partial charge < -0.3 is 5.11 Å². The molecule has 3 N–H and O–H groups in total. The number of carboxylic acids is 1. The Morgan fingerprint density at radius 3 is 2.93 bits per heavy atom. The minimum absolute atomic E-state index is 0.0868. The molecule has 6 heteroatoms. The van der Waals surface area contributed by atoms with Gasteiger partial charge in [0.1, 0.15) is 0 Å². The third-order valence-corrected chi connectivity index (χ3v) is 2.39. The van der Waals surface area contributed by atoms with Crippen LogP contribution in [0.25, 0.3) is 0 Å². The van der Waals surface area contributed by atoms with Crippen molar-refractivity contribution in [1.29, 1.82) is 0 Å². The molecule has 1 heterocycles. The van der Waals surface area contributed by atoms with E-state index in [0.717, 1.165) is 11.3 Å². The highest BCUT2D eigenvalue weighted by Gasteiger charge is 2.13. The van der Waals surface area contributed by atoms with Crippen LogP contribution in [0, 0.1) is 0 Å². The molecule has 0 amide bonds. The molecule has 5 nitrogen and oxygen atoms in total. The summed E-state index contributed by atoms with van der Waals surface area (Å²) in [6, 6.07) is 4.81. The van der Waals surface area contributed by atoms with E-state index in [-0.39, 0.29) is 10.6 Å². The van der Waals surface area contributed by atoms with Crippen LogP contribution >= 0.6 is 11.6 Å². The molecule has 78 valence electrons. The maximum Gasteiger partial charge on any atom is 0.337 e. The van der Waals surface area contributed by atoms with Gasteiger partial charge in [-0.15, -0.1) is 0 Å². The lowest BCUT2D eigenvalue weighted by atomic mass is 10.1. The summed E-state index contributed by atoms with van der Waals surface area (Å²) in [5, 5.41) is 13.1. The number of hydrazone groups is 1. The van der Waals surface area contributed by atoms with Crippen LogP contribution < -0.4 is 11.0 Å². The second-order valence-corrected chi connectivity index (χ2v) is 3.43. The molecule has 0 unspecified atom stereocenters. The van der Waals surface area contributed by atoms with Gasteiger partial charge in [0.2, 0.25) is 0 Å². The third-order valence-electron chi connectivity index (χ3n) is 2.06. The van der Waals surface area contributed by atoms with E-state index in [1.807, 2.05) is 0 Å². The zero-order valence-corrected chi connectivity index (χ0v) is 8.38. The summed E-state index contributed by atoms with van der Waals surface area (Å²) in [5.74, 6) is -1.04. The Labute approximate surface area is 90.7 Å². The fraction of sp³-hybridized carbons (Fsp3) is 0.111. The molecular formula is C9H8ClN3O2. The molecule has 0 aliphatic carbocycles. The van der Waals surface area contributed by atoms with Gasteiger partial charge >= 0.3 is 5.97 Å². The van der Waals surface area contributed by atoms with Gasteiger partial charge in [0.15, 0.2) is 0 Å². The molecule has 0 saturated carbocycles. The van der Waals surface area contributed by atoms with Gasteiger partial charge in [0.25, 0.3) is 0 Å². The maximum absolute atomic E-state index is 10.8. The van der Waals surface area contributed by atoms with E-state index in [9.17, 15) is 4.79 Å². The normalized spacial score (nSPS) is 14.6. The summed E-state index contributed by atoms with van der Waals surface area (Å²) in [7, 11) is 0. The molecule has 2 rings (SSSR count). The minimum atomic E-state index is -1.04. The number of nitrogens with zero attached hydrogens (tertiary/aromatic N) is 1. The van der Waals surface area contributed by atoms with Crippen LogP contribution in [-0.4, -0.2) is 23.3 Å². The van der Waals surface area contributed by atoms with Crippen LogP contribution in [0.4, 0.5) is 0 Å². The fourth-order valence-electron chi connectivity index (χ4n) is 1.31. The monoisotopic (exact) mass is 225 g/mol. The number of benzene rings is 1. The van der Waals surface area contributed by atoms with E-state index in [1.54, 1.807) is 12.1 Å². The molecule has 0 spiro atoms. The van der Waals surface area contributed by atoms with Crippen molar-refractivity contribution >= 4 is 23.3 Å². The van der Waals surface area contributed by atoms with Crippen LogP contribution in [-0.2, 0) is 0 Å². The first-order chi connectivity index (χ1) is 7.18. The number of hydrazine groups is 1. The Morgan fingerprint density at radius 2 is 2.33 bits per heavy atom. The smallest absolute Gasteiger partial charge is 0.337 e. The summed E-state index contributed by atoms with van der Waals surface area (Å²) >= 11 is 5.75. The summed E-state index contributed by atoms with van der Waals surface area (Å²) < 4.78 is 0. The lowest BCUT2D eigenvalue weighted by molar-refractivity contribution is 0.0697. The summed E-state index contributed by atoms with van der Waals surface area (Å²) in [6.45, 7) is 0.556. The number of aromatic carboxylic acids is 1. The Bertz CT molecular complexity index is 445.